The van der Waals surface area contributed by atoms with Gasteiger partial charge in [-0.15, -0.1) is 0 Å². The van der Waals surface area contributed by atoms with Gasteiger partial charge in [0.2, 0.25) is 15.9 Å². The fourth-order valence-corrected chi connectivity index (χ4v) is 4.48. The van der Waals surface area contributed by atoms with Gasteiger partial charge in [0.1, 0.15) is 6.54 Å². The number of anilines is 1. The SMILES string of the molecule is CCCN(CC(=O)OC)S(=O)(=O)c1ccc2c(c1)CCCN2C(C)=O. The second-order valence-corrected chi connectivity index (χ2v) is 7.92. The molecule has 25 heavy (non-hydrogen) atoms. The van der Waals surface area contributed by atoms with Crippen molar-refractivity contribution in [2.45, 2.75) is 38.0 Å². The third-order valence-corrected chi connectivity index (χ3v) is 6.03. The average Bonchev–Trinajstić information content (AvgIpc) is 2.59. The Balaban J connectivity index is 2.38. The molecule has 0 bridgehead atoms. The van der Waals surface area contributed by atoms with Crippen LogP contribution in [0.4, 0.5) is 5.69 Å². The van der Waals surface area contributed by atoms with Crippen LogP contribution in [0.1, 0.15) is 32.3 Å². The first-order chi connectivity index (χ1) is 11.8. The van der Waals surface area contributed by atoms with Crippen LogP contribution in [0.2, 0.25) is 0 Å². The first-order valence-electron chi connectivity index (χ1n) is 8.29. The first-order valence-corrected chi connectivity index (χ1v) is 9.73. The molecule has 0 fully saturated rings. The molecule has 1 aliphatic rings. The van der Waals surface area contributed by atoms with Gasteiger partial charge in [-0.05, 0) is 43.0 Å². The summed E-state index contributed by atoms with van der Waals surface area (Å²) in [6.07, 6.45) is 2.09. The van der Waals surface area contributed by atoms with E-state index in [1.54, 1.807) is 17.0 Å². The summed E-state index contributed by atoms with van der Waals surface area (Å²) in [6.45, 7) is 3.90. The summed E-state index contributed by atoms with van der Waals surface area (Å²) in [6, 6.07) is 4.78. The lowest BCUT2D eigenvalue weighted by Crippen LogP contribution is -2.37. The van der Waals surface area contributed by atoms with Gasteiger partial charge in [0.05, 0.1) is 12.0 Å². The summed E-state index contributed by atoms with van der Waals surface area (Å²) in [7, 11) is -2.58. The van der Waals surface area contributed by atoms with Crippen LogP contribution in [0.25, 0.3) is 0 Å². The lowest BCUT2D eigenvalue weighted by atomic mass is 10.0. The molecule has 1 amide bonds. The number of methoxy groups -OCH3 is 1. The van der Waals surface area contributed by atoms with Gasteiger partial charge in [-0.1, -0.05) is 6.92 Å². The van der Waals surface area contributed by atoms with Crippen LogP contribution in [0, 0.1) is 0 Å². The summed E-state index contributed by atoms with van der Waals surface area (Å²) >= 11 is 0. The maximum Gasteiger partial charge on any atom is 0.321 e. The average molecular weight is 368 g/mol. The molecule has 1 heterocycles. The number of rotatable bonds is 6. The topological polar surface area (TPSA) is 84.0 Å². The Bertz CT molecular complexity index is 760. The van der Waals surface area contributed by atoms with Crippen molar-refractivity contribution in [2.24, 2.45) is 0 Å². The van der Waals surface area contributed by atoms with Crippen molar-refractivity contribution in [3.05, 3.63) is 23.8 Å². The highest BCUT2D eigenvalue weighted by Gasteiger charge is 2.28. The van der Waals surface area contributed by atoms with Crippen LogP contribution >= 0.6 is 0 Å². The van der Waals surface area contributed by atoms with Crippen molar-refractivity contribution in [3.63, 3.8) is 0 Å². The molecule has 1 aliphatic heterocycles. The molecule has 138 valence electrons. The molecular weight excluding hydrogens is 344 g/mol. The van der Waals surface area contributed by atoms with Crippen molar-refractivity contribution < 1.29 is 22.7 Å². The van der Waals surface area contributed by atoms with Gasteiger partial charge in [0.25, 0.3) is 0 Å². The fourth-order valence-electron chi connectivity index (χ4n) is 2.95. The molecule has 7 nitrogen and oxygen atoms in total. The third kappa shape index (κ3) is 4.19. The van der Waals surface area contributed by atoms with Crippen LogP contribution < -0.4 is 4.90 Å². The molecule has 1 aromatic carbocycles. The van der Waals surface area contributed by atoms with Gasteiger partial charge in [0.15, 0.2) is 0 Å². The summed E-state index contributed by atoms with van der Waals surface area (Å²) < 4.78 is 31.6. The molecule has 0 N–H and O–H groups in total. The highest BCUT2D eigenvalue weighted by molar-refractivity contribution is 7.89. The van der Waals surface area contributed by atoms with Crippen molar-refractivity contribution in [1.82, 2.24) is 4.31 Å². The zero-order valence-electron chi connectivity index (χ0n) is 14.8. The first kappa shape index (κ1) is 19.4. The number of amides is 1. The quantitative estimate of drug-likeness (QED) is 0.712. The van der Waals surface area contributed by atoms with Crippen LogP contribution in [-0.4, -0.2) is 51.3 Å². The normalized spacial score (nSPS) is 14.3. The van der Waals surface area contributed by atoms with E-state index in [1.165, 1.54) is 20.1 Å². The standard InChI is InChI=1S/C17H24N2O5S/c1-4-9-18(12-17(21)24-3)25(22,23)15-7-8-16-14(11-15)6-5-10-19(16)13(2)20/h7-8,11H,4-6,9-10,12H2,1-3H3. The summed E-state index contributed by atoms with van der Waals surface area (Å²) in [5.41, 5.74) is 1.59. The molecule has 0 spiro atoms. The molecule has 0 unspecified atom stereocenters. The highest BCUT2D eigenvalue weighted by atomic mass is 32.2. The van der Waals surface area contributed by atoms with E-state index in [4.69, 9.17) is 0 Å². The van der Waals surface area contributed by atoms with Crippen LogP contribution in [0.5, 0.6) is 0 Å². The molecule has 0 aliphatic carbocycles. The number of hydrogen-bond acceptors (Lipinski definition) is 5. The van der Waals surface area contributed by atoms with E-state index in [0.29, 0.717) is 19.4 Å². The number of carbonyl (C=O) groups excluding carboxylic acids is 2. The molecular formula is C17H24N2O5S. The Morgan fingerprint density at radius 3 is 2.64 bits per heavy atom. The van der Waals surface area contributed by atoms with E-state index in [9.17, 15) is 18.0 Å². The Morgan fingerprint density at radius 2 is 2.04 bits per heavy atom. The smallest absolute Gasteiger partial charge is 0.321 e. The summed E-state index contributed by atoms with van der Waals surface area (Å²) in [5, 5.41) is 0. The van der Waals surface area contributed by atoms with Crippen LogP contribution in [0.3, 0.4) is 0 Å². The molecule has 0 aromatic heterocycles. The minimum absolute atomic E-state index is 0.0603. The number of benzene rings is 1. The third-order valence-electron chi connectivity index (χ3n) is 4.19. The van der Waals surface area contributed by atoms with Gasteiger partial charge >= 0.3 is 5.97 Å². The second kappa shape index (κ2) is 7.97. The van der Waals surface area contributed by atoms with E-state index in [2.05, 4.69) is 4.74 Å². The lowest BCUT2D eigenvalue weighted by Gasteiger charge is -2.29. The van der Waals surface area contributed by atoms with Crippen molar-refractivity contribution in [1.29, 1.82) is 0 Å². The lowest BCUT2D eigenvalue weighted by molar-refractivity contribution is -0.140. The second-order valence-electron chi connectivity index (χ2n) is 5.98. The number of aryl methyl sites for hydroxylation is 1. The number of hydrogen-bond donors (Lipinski definition) is 0. The van der Waals surface area contributed by atoms with E-state index in [-0.39, 0.29) is 23.9 Å². The highest BCUT2D eigenvalue weighted by Crippen LogP contribution is 2.30. The van der Waals surface area contributed by atoms with E-state index < -0.39 is 16.0 Å². The Kier molecular flexibility index (Phi) is 6.18. The Hall–Kier alpha value is -1.93. The molecule has 0 atom stereocenters. The number of esters is 1. The molecule has 2 rings (SSSR count). The van der Waals surface area contributed by atoms with Crippen molar-refractivity contribution >= 4 is 27.6 Å². The number of sulfonamides is 1. The van der Waals surface area contributed by atoms with Gasteiger partial charge in [-0.25, -0.2) is 8.42 Å². The van der Waals surface area contributed by atoms with Crippen molar-refractivity contribution in [2.75, 3.05) is 31.6 Å². The summed E-state index contributed by atoms with van der Waals surface area (Å²) in [5.74, 6) is -0.660. The minimum atomic E-state index is -3.81. The van der Waals surface area contributed by atoms with Gasteiger partial charge in [-0.2, -0.15) is 4.31 Å². The maximum atomic E-state index is 12.9. The monoisotopic (exact) mass is 368 g/mol. The number of carbonyl (C=O) groups is 2. The number of fused-ring (bicyclic) bond motifs is 1. The molecule has 0 saturated carbocycles. The molecule has 0 radical (unpaired) electrons. The minimum Gasteiger partial charge on any atom is -0.468 e. The zero-order valence-corrected chi connectivity index (χ0v) is 15.6. The molecule has 1 aromatic rings. The van der Waals surface area contributed by atoms with E-state index in [1.807, 2.05) is 6.92 Å². The zero-order chi connectivity index (χ0) is 18.6. The van der Waals surface area contributed by atoms with Gasteiger partial charge in [0, 0.05) is 25.7 Å². The summed E-state index contributed by atoms with van der Waals surface area (Å²) in [4.78, 5) is 25.1. The van der Waals surface area contributed by atoms with Crippen LogP contribution in [0.15, 0.2) is 23.1 Å². The van der Waals surface area contributed by atoms with E-state index >= 15 is 0 Å². The Labute approximate surface area is 148 Å². The number of nitrogens with zero attached hydrogens (tertiary/aromatic N) is 2. The fraction of sp³-hybridized carbons (Fsp3) is 0.529. The predicted octanol–water partition coefficient (Wildman–Crippen LogP) is 1.56. The van der Waals surface area contributed by atoms with Gasteiger partial charge < -0.3 is 9.64 Å². The van der Waals surface area contributed by atoms with E-state index in [0.717, 1.165) is 22.0 Å². The van der Waals surface area contributed by atoms with Crippen LogP contribution in [-0.2, 0) is 30.8 Å². The number of ether oxygens (including phenoxy) is 1. The largest absolute Gasteiger partial charge is 0.468 e. The van der Waals surface area contributed by atoms with Crippen molar-refractivity contribution in [3.8, 4) is 0 Å². The maximum absolute atomic E-state index is 12.9. The predicted molar refractivity (Wildman–Crippen MR) is 93.9 cm³/mol. The molecule has 0 saturated heterocycles. The molecule has 8 heteroatoms. The van der Waals surface area contributed by atoms with Gasteiger partial charge in [-0.3, -0.25) is 9.59 Å². The Morgan fingerprint density at radius 1 is 1.32 bits per heavy atom.